The minimum atomic E-state index is -0.346. The topological polar surface area (TPSA) is 73.6 Å². The van der Waals surface area contributed by atoms with Gasteiger partial charge in [0.05, 0.1) is 17.3 Å². The molecule has 0 saturated carbocycles. The molecule has 0 aliphatic heterocycles. The molecule has 0 atom stereocenters. The predicted molar refractivity (Wildman–Crippen MR) is 112 cm³/mol. The lowest BCUT2D eigenvalue weighted by Crippen LogP contribution is -2.02. The van der Waals surface area contributed by atoms with Crippen LogP contribution in [0, 0.1) is 17.1 Å². The molecule has 0 radical (unpaired) electrons. The maximum Gasteiger partial charge on any atom is 0.229 e. The van der Waals surface area contributed by atoms with Gasteiger partial charge in [0.25, 0.3) is 0 Å². The average molecular weight is 381 g/mol. The number of halogens is 1. The van der Waals surface area contributed by atoms with Gasteiger partial charge < -0.3 is 10.6 Å². The van der Waals surface area contributed by atoms with E-state index in [1.54, 1.807) is 30.3 Å². The zero-order valence-corrected chi connectivity index (χ0v) is 15.3. The summed E-state index contributed by atoms with van der Waals surface area (Å²) in [6.45, 7) is 0. The summed E-state index contributed by atoms with van der Waals surface area (Å²) in [6.07, 6.45) is 0. The van der Waals surface area contributed by atoms with E-state index in [1.165, 1.54) is 12.1 Å². The molecule has 1 aromatic heterocycles. The minimum Gasteiger partial charge on any atom is -0.340 e. The molecule has 5 nitrogen and oxygen atoms in total. The number of hydrogen-bond acceptors (Lipinski definition) is 5. The minimum absolute atomic E-state index is 0.330. The molecule has 0 amide bonds. The van der Waals surface area contributed by atoms with Crippen molar-refractivity contribution >= 4 is 23.1 Å². The van der Waals surface area contributed by atoms with E-state index in [2.05, 4.69) is 26.7 Å². The Hall–Kier alpha value is -4.24. The Kier molecular flexibility index (Phi) is 5.12. The Bertz CT molecular complexity index is 1190. The molecule has 29 heavy (non-hydrogen) atoms. The van der Waals surface area contributed by atoms with Crippen LogP contribution in [-0.2, 0) is 0 Å². The molecule has 0 saturated heterocycles. The molecule has 3 aromatic carbocycles. The van der Waals surface area contributed by atoms with Crippen molar-refractivity contribution < 1.29 is 4.39 Å². The number of anilines is 4. The molecule has 4 rings (SSSR count). The second kappa shape index (κ2) is 8.19. The molecule has 6 heteroatoms. The molecule has 0 unspecified atom stereocenters. The van der Waals surface area contributed by atoms with Crippen LogP contribution >= 0.6 is 0 Å². The third-order valence-electron chi connectivity index (χ3n) is 4.14. The van der Waals surface area contributed by atoms with E-state index in [-0.39, 0.29) is 5.82 Å². The molecule has 140 valence electrons. The predicted octanol–water partition coefficient (Wildman–Crippen LogP) is 5.64. The normalized spacial score (nSPS) is 10.2. The summed E-state index contributed by atoms with van der Waals surface area (Å²) >= 11 is 0. The Labute approximate surface area is 167 Å². The van der Waals surface area contributed by atoms with Gasteiger partial charge in [-0.3, -0.25) is 0 Å². The number of aromatic nitrogens is 2. The van der Waals surface area contributed by atoms with E-state index in [0.29, 0.717) is 28.7 Å². The molecule has 0 fully saturated rings. The second-order valence-corrected chi connectivity index (χ2v) is 6.28. The third kappa shape index (κ3) is 4.54. The smallest absolute Gasteiger partial charge is 0.229 e. The molecule has 0 spiro atoms. The highest BCUT2D eigenvalue weighted by molar-refractivity contribution is 5.69. The summed E-state index contributed by atoms with van der Waals surface area (Å²) in [4.78, 5) is 9.06. The molecular weight excluding hydrogens is 365 g/mol. The number of rotatable bonds is 5. The van der Waals surface area contributed by atoms with E-state index in [9.17, 15) is 4.39 Å². The fourth-order valence-electron chi connectivity index (χ4n) is 2.83. The van der Waals surface area contributed by atoms with Gasteiger partial charge in [-0.2, -0.15) is 10.2 Å². The summed E-state index contributed by atoms with van der Waals surface area (Å²) < 4.78 is 13.5. The van der Waals surface area contributed by atoms with Crippen molar-refractivity contribution in [2.24, 2.45) is 0 Å². The highest BCUT2D eigenvalue weighted by atomic mass is 19.1. The molecule has 0 bridgehead atoms. The lowest BCUT2D eigenvalue weighted by atomic mass is 10.1. The monoisotopic (exact) mass is 381 g/mol. The van der Waals surface area contributed by atoms with Gasteiger partial charge in [0.1, 0.15) is 11.6 Å². The van der Waals surface area contributed by atoms with Crippen LogP contribution in [0.2, 0.25) is 0 Å². The first-order valence-corrected chi connectivity index (χ1v) is 8.94. The molecule has 2 N–H and O–H groups in total. The quantitative estimate of drug-likeness (QED) is 0.468. The van der Waals surface area contributed by atoms with Crippen molar-refractivity contribution in [2.45, 2.75) is 0 Å². The molecule has 4 aromatic rings. The summed E-state index contributed by atoms with van der Waals surface area (Å²) in [5.74, 6) is 0.532. The van der Waals surface area contributed by atoms with Crippen molar-refractivity contribution in [1.29, 1.82) is 5.26 Å². The Balaban J connectivity index is 1.72. The van der Waals surface area contributed by atoms with Gasteiger partial charge >= 0.3 is 0 Å². The van der Waals surface area contributed by atoms with Crippen molar-refractivity contribution in [1.82, 2.24) is 9.97 Å². The first-order chi connectivity index (χ1) is 14.2. The van der Waals surface area contributed by atoms with E-state index in [4.69, 9.17) is 5.26 Å². The first-order valence-electron chi connectivity index (χ1n) is 8.94. The number of nitrogens with one attached hydrogen (secondary N) is 2. The van der Waals surface area contributed by atoms with Crippen molar-refractivity contribution in [3.8, 4) is 17.3 Å². The molecule has 0 aliphatic rings. The maximum atomic E-state index is 13.5. The van der Waals surface area contributed by atoms with Crippen LogP contribution in [0.3, 0.4) is 0 Å². The largest absolute Gasteiger partial charge is 0.340 e. The van der Waals surface area contributed by atoms with Crippen molar-refractivity contribution in [3.63, 3.8) is 0 Å². The van der Waals surface area contributed by atoms with E-state index in [1.807, 2.05) is 42.5 Å². The first kappa shape index (κ1) is 18.1. The number of benzene rings is 3. The lowest BCUT2D eigenvalue weighted by molar-refractivity contribution is 0.628. The highest BCUT2D eigenvalue weighted by Crippen LogP contribution is 2.25. The van der Waals surface area contributed by atoms with Gasteiger partial charge in [0.15, 0.2) is 0 Å². The Morgan fingerprint density at radius 3 is 2.28 bits per heavy atom. The standard InChI is InChI=1S/C23H16FN5/c24-18-9-5-11-20(13-18)27-23-28-21(17-7-2-1-3-8-17)14-22(29-23)26-19-10-4-6-16(12-19)15-25/h1-14H,(H2,26,27,28,29). The van der Waals surface area contributed by atoms with Crippen LogP contribution in [0.15, 0.2) is 84.9 Å². The van der Waals surface area contributed by atoms with Gasteiger partial charge in [-0.15, -0.1) is 0 Å². The van der Waals surface area contributed by atoms with E-state index in [0.717, 1.165) is 11.3 Å². The fourth-order valence-corrected chi connectivity index (χ4v) is 2.83. The van der Waals surface area contributed by atoms with Gasteiger partial charge in [-0.05, 0) is 36.4 Å². The maximum absolute atomic E-state index is 13.5. The Morgan fingerprint density at radius 1 is 0.759 bits per heavy atom. The third-order valence-corrected chi connectivity index (χ3v) is 4.14. The van der Waals surface area contributed by atoms with Crippen LogP contribution in [0.4, 0.5) is 27.5 Å². The molecule has 0 aliphatic carbocycles. The second-order valence-electron chi connectivity index (χ2n) is 6.28. The summed E-state index contributed by atoms with van der Waals surface area (Å²) in [6, 6.07) is 26.9. The summed E-state index contributed by atoms with van der Waals surface area (Å²) in [7, 11) is 0. The van der Waals surface area contributed by atoms with Crippen molar-refractivity contribution in [2.75, 3.05) is 10.6 Å². The molecular formula is C23H16FN5. The van der Waals surface area contributed by atoms with Gasteiger partial charge in [0, 0.05) is 23.0 Å². The Morgan fingerprint density at radius 2 is 1.52 bits per heavy atom. The number of nitriles is 1. The van der Waals surface area contributed by atoms with Gasteiger partial charge in [-0.25, -0.2) is 9.37 Å². The number of nitrogens with zero attached hydrogens (tertiary/aromatic N) is 3. The van der Waals surface area contributed by atoms with Gasteiger partial charge in [0.2, 0.25) is 5.95 Å². The fraction of sp³-hybridized carbons (Fsp3) is 0. The SMILES string of the molecule is N#Cc1cccc(Nc2cc(-c3ccccc3)nc(Nc3cccc(F)c3)n2)c1. The van der Waals surface area contributed by atoms with Crippen LogP contribution in [0.5, 0.6) is 0 Å². The highest BCUT2D eigenvalue weighted by Gasteiger charge is 2.08. The van der Waals surface area contributed by atoms with Crippen LogP contribution < -0.4 is 10.6 Å². The zero-order valence-electron chi connectivity index (χ0n) is 15.3. The molecule has 1 heterocycles. The van der Waals surface area contributed by atoms with Crippen LogP contribution in [0.1, 0.15) is 5.56 Å². The lowest BCUT2D eigenvalue weighted by Gasteiger charge is -2.12. The van der Waals surface area contributed by atoms with Crippen molar-refractivity contribution in [3.05, 3.63) is 96.3 Å². The summed E-state index contributed by atoms with van der Waals surface area (Å²) in [5.41, 5.74) is 3.46. The van der Waals surface area contributed by atoms with Crippen LogP contribution in [0.25, 0.3) is 11.3 Å². The van der Waals surface area contributed by atoms with E-state index >= 15 is 0 Å². The number of hydrogen-bond donors (Lipinski definition) is 2. The van der Waals surface area contributed by atoms with Gasteiger partial charge in [-0.1, -0.05) is 42.5 Å². The zero-order chi connectivity index (χ0) is 20.1. The summed E-state index contributed by atoms with van der Waals surface area (Å²) in [5, 5.41) is 15.4. The average Bonchev–Trinajstić information content (AvgIpc) is 2.74. The van der Waals surface area contributed by atoms with Crippen LogP contribution in [-0.4, -0.2) is 9.97 Å². The van der Waals surface area contributed by atoms with E-state index < -0.39 is 0 Å².